The molecular formula is C13H14BrN3O2. The van der Waals surface area contributed by atoms with Crippen molar-refractivity contribution in [2.75, 3.05) is 5.32 Å². The number of carbonyl (C=O) groups excluding carboxylic acids is 1. The van der Waals surface area contributed by atoms with Gasteiger partial charge >= 0.3 is 0 Å². The van der Waals surface area contributed by atoms with Crippen LogP contribution < -0.4 is 5.32 Å². The third-order valence-corrected chi connectivity index (χ3v) is 2.90. The predicted octanol–water partition coefficient (Wildman–Crippen LogP) is 3.38. The first-order chi connectivity index (χ1) is 8.86. The highest BCUT2D eigenvalue weighted by Gasteiger charge is 2.20. The lowest BCUT2D eigenvalue weighted by Gasteiger charge is -2.12. The van der Waals surface area contributed by atoms with Gasteiger partial charge in [0.25, 0.3) is 5.91 Å². The molecule has 0 atom stereocenters. The van der Waals surface area contributed by atoms with Gasteiger partial charge in [0.2, 0.25) is 5.88 Å². The number of amides is 1. The third kappa shape index (κ3) is 3.41. The van der Waals surface area contributed by atoms with E-state index < -0.39 is 0 Å². The van der Waals surface area contributed by atoms with Crippen LogP contribution in [0.4, 0.5) is 5.88 Å². The van der Waals surface area contributed by atoms with E-state index in [1.54, 1.807) is 24.3 Å². The maximum absolute atomic E-state index is 11.9. The lowest BCUT2D eigenvalue weighted by Crippen LogP contribution is -2.13. The molecule has 0 bridgehead atoms. The van der Waals surface area contributed by atoms with Crippen molar-refractivity contribution >= 4 is 27.7 Å². The number of carbonyl (C=O) groups is 1. The summed E-state index contributed by atoms with van der Waals surface area (Å²) in [5, 5.41) is 6.56. The highest BCUT2D eigenvalue weighted by atomic mass is 79.9. The van der Waals surface area contributed by atoms with Gasteiger partial charge in [0, 0.05) is 11.5 Å². The third-order valence-electron chi connectivity index (χ3n) is 2.46. The van der Waals surface area contributed by atoms with E-state index in [1.165, 1.54) is 0 Å². The Morgan fingerprint density at radius 3 is 2.68 bits per heavy atom. The molecule has 0 aromatic carbocycles. The summed E-state index contributed by atoms with van der Waals surface area (Å²) in [5.41, 5.74) is 0.966. The molecule has 0 fully saturated rings. The highest BCUT2D eigenvalue weighted by Crippen LogP contribution is 2.23. The Kier molecular flexibility index (Phi) is 3.71. The minimum Gasteiger partial charge on any atom is -0.338 e. The van der Waals surface area contributed by atoms with Gasteiger partial charge in [-0.1, -0.05) is 32.0 Å². The van der Waals surface area contributed by atoms with E-state index in [-0.39, 0.29) is 11.3 Å². The molecule has 0 spiro atoms. The lowest BCUT2D eigenvalue weighted by atomic mass is 9.92. The van der Waals surface area contributed by atoms with Crippen LogP contribution in [-0.4, -0.2) is 16.0 Å². The average molecular weight is 324 g/mol. The van der Waals surface area contributed by atoms with Gasteiger partial charge in [-0.15, -0.1) is 0 Å². The van der Waals surface area contributed by atoms with Gasteiger partial charge in [0.05, 0.1) is 5.69 Å². The van der Waals surface area contributed by atoms with Crippen LogP contribution in [0.2, 0.25) is 0 Å². The molecule has 0 radical (unpaired) electrons. The number of hydrogen-bond donors (Lipinski definition) is 1. The predicted molar refractivity (Wildman–Crippen MR) is 75.1 cm³/mol. The second-order valence-electron chi connectivity index (χ2n) is 5.13. The smallest absolute Gasteiger partial charge is 0.276 e. The number of rotatable bonds is 2. The molecule has 0 aliphatic carbocycles. The monoisotopic (exact) mass is 323 g/mol. The topological polar surface area (TPSA) is 68.0 Å². The van der Waals surface area contributed by atoms with Crippen molar-refractivity contribution in [3.63, 3.8) is 0 Å². The Morgan fingerprint density at radius 1 is 1.37 bits per heavy atom. The lowest BCUT2D eigenvalue weighted by molar-refractivity contribution is 0.101. The fraction of sp³-hybridized carbons (Fsp3) is 0.308. The minimum atomic E-state index is -0.335. The summed E-state index contributed by atoms with van der Waals surface area (Å²) in [4.78, 5) is 16.0. The van der Waals surface area contributed by atoms with E-state index >= 15 is 0 Å². The molecule has 0 saturated carbocycles. The van der Waals surface area contributed by atoms with Crippen molar-refractivity contribution in [2.24, 2.45) is 0 Å². The van der Waals surface area contributed by atoms with Gasteiger partial charge in [0.1, 0.15) is 10.3 Å². The molecule has 100 valence electrons. The van der Waals surface area contributed by atoms with Crippen LogP contribution in [0.3, 0.4) is 0 Å². The van der Waals surface area contributed by atoms with Crippen molar-refractivity contribution < 1.29 is 9.32 Å². The van der Waals surface area contributed by atoms with Crippen molar-refractivity contribution in [1.29, 1.82) is 0 Å². The zero-order chi connectivity index (χ0) is 14.0. The summed E-state index contributed by atoms with van der Waals surface area (Å²) in [6, 6.07) is 6.84. The standard InChI is InChI=1S/C13H14BrN3O2/c1-13(2,3)9-7-11(19-17-9)16-12(18)8-5-4-6-10(14)15-8/h4-7H,1-3H3,(H,16,18). The van der Waals surface area contributed by atoms with Gasteiger partial charge in [-0.3, -0.25) is 10.1 Å². The van der Waals surface area contributed by atoms with Crippen LogP contribution in [0, 0.1) is 0 Å². The maximum Gasteiger partial charge on any atom is 0.276 e. The molecule has 19 heavy (non-hydrogen) atoms. The SMILES string of the molecule is CC(C)(C)c1cc(NC(=O)c2cccc(Br)n2)on1. The molecule has 2 rings (SSSR count). The first-order valence-electron chi connectivity index (χ1n) is 5.77. The molecule has 2 aromatic rings. The average Bonchev–Trinajstić information content (AvgIpc) is 2.77. The van der Waals surface area contributed by atoms with Gasteiger partial charge in [-0.25, -0.2) is 4.98 Å². The first kappa shape index (κ1) is 13.7. The van der Waals surface area contributed by atoms with E-state index in [1.807, 2.05) is 20.8 Å². The van der Waals surface area contributed by atoms with Crippen molar-refractivity contribution in [1.82, 2.24) is 10.1 Å². The summed E-state index contributed by atoms with van der Waals surface area (Å²) in [6.45, 7) is 6.06. The molecule has 2 heterocycles. The van der Waals surface area contributed by atoms with Crippen LogP contribution >= 0.6 is 15.9 Å². The van der Waals surface area contributed by atoms with E-state index in [0.717, 1.165) is 5.69 Å². The quantitative estimate of drug-likeness (QED) is 0.860. The van der Waals surface area contributed by atoms with Crippen molar-refractivity contribution in [2.45, 2.75) is 26.2 Å². The summed E-state index contributed by atoms with van der Waals surface area (Å²) in [7, 11) is 0. The summed E-state index contributed by atoms with van der Waals surface area (Å²) >= 11 is 3.22. The van der Waals surface area contributed by atoms with E-state index in [4.69, 9.17) is 4.52 Å². The van der Waals surface area contributed by atoms with Crippen LogP contribution in [0.1, 0.15) is 37.0 Å². The fourth-order valence-corrected chi connectivity index (χ4v) is 1.74. The molecule has 1 amide bonds. The zero-order valence-corrected chi connectivity index (χ0v) is 12.5. The zero-order valence-electron chi connectivity index (χ0n) is 10.9. The van der Waals surface area contributed by atoms with Gasteiger partial charge in [-0.2, -0.15) is 0 Å². The number of halogens is 1. The van der Waals surface area contributed by atoms with Crippen molar-refractivity contribution in [3.8, 4) is 0 Å². The van der Waals surface area contributed by atoms with Gasteiger partial charge < -0.3 is 4.52 Å². The Labute approximate surface area is 119 Å². The molecule has 0 unspecified atom stereocenters. The molecule has 6 heteroatoms. The molecule has 0 saturated heterocycles. The number of nitrogens with zero attached hydrogens (tertiary/aromatic N) is 2. The van der Waals surface area contributed by atoms with Crippen LogP contribution in [0.25, 0.3) is 0 Å². The van der Waals surface area contributed by atoms with Gasteiger partial charge in [-0.05, 0) is 28.1 Å². The first-order valence-corrected chi connectivity index (χ1v) is 6.56. The molecule has 5 nitrogen and oxygen atoms in total. The molecule has 0 aliphatic heterocycles. The van der Waals surface area contributed by atoms with Crippen molar-refractivity contribution in [3.05, 3.63) is 40.3 Å². The van der Waals surface area contributed by atoms with Crippen LogP contribution in [0.5, 0.6) is 0 Å². The van der Waals surface area contributed by atoms with E-state index in [9.17, 15) is 4.79 Å². The number of hydrogen-bond acceptors (Lipinski definition) is 4. The van der Waals surface area contributed by atoms with E-state index in [2.05, 4.69) is 31.4 Å². The number of pyridine rings is 1. The molecule has 2 aromatic heterocycles. The highest BCUT2D eigenvalue weighted by molar-refractivity contribution is 9.10. The second-order valence-corrected chi connectivity index (χ2v) is 5.94. The summed E-state index contributed by atoms with van der Waals surface area (Å²) in [5.74, 6) is -0.0189. The summed E-state index contributed by atoms with van der Waals surface area (Å²) in [6.07, 6.45) is 0. The second kappa shape index (κ2) is 5.13. The summed E-state index contributed by atoms with van der Waals surface area (Å²) < 4.78 is 5.70. The number of nitrogens with one attached hydrogen (secondary N) is 1. The number of aromatic nitrogens is 2. The van der Waals surface area contributed by atoms with Gasteiger partial charge in [0.15, 0.2) is 0 Å². The molecular weight excluding hydrogens is 310 g/mol. The normalized spacial score (nSPS) is 11.4. The Hall–Kier alpha value is -1.69. The maximum atomic E-state index is 11.9. The van der Waals surface area contributed by atoms with Crippen LogP contribution in [0.15, 0.2) is 33.4 Å². The Balaban J connectivity index is 2.13. The Bertz CT molecular complexity index is 602. The largest absolute Gasteiger partial charge is 0.338 e. The fourth-order valence-electron chi connectivity index (χ4n) is 1.40. The number of anilines is 1. The Morgan fingerprint density at radius 2 is 2.11 bits per heavy atom. The molecule has 0 aliphatic rings. The van der Waals surface area contributed by atoms with E-state index in [0.29, 0.717) is 16.2 Å². The molecule has 1 N–H and O–H groups in total. The van der Waals surface area contributed by atoms with Crippen LogP contribution in [-0.2, 0) is 5.41 Å². The minimum absolute atomic E-state index is 0.125.